The lowest BCUT2D eigenvalue weighted by Gasteiger charge is -2.18. The van der Waals surface area contributed by atoms with Crippen LogP contribution in [0.3, 0.4) is 0 Å². The molecular weight excluding hydrogens is 408 g/mol. The molecule has 5 heteroatoms. The molecule has 156 valence electrons. The van der Waals surface area contributed by atoms with Crippen LogP contribution in [0.2, 0.25) is 5.02 Å². The molecule has 1 N–H and O–H groups in total. The minimum Gasteiger partial charge on any atom is -0.350 e. The van der Waals surface area contributed by atoms with E-state index in [2.05, 4.69) is 11.4 Å². The van der Waals surface area contributed by atoms with Gasteiger partial charge in [0.25, 0.3) is 11.8 Å². The standard InChI is InChI=1S/C26H23ClN2O2/c1-15-5-10-22(18(4)12-15)29-25(30)23(19-6-8-20(27)9-7-19)24(26(29)31)28-21-13-16(2)11-17(3)14-21/h5-14,28H,1-4H3. The van der Waals surface area contributed by atoms with Crippen molar-refractivity contribution in [3.63, 3.8) is 0 Å². The summed E-state index contributed by atoms with van der Waals surface area (Å²) in [7, 11) is 0. The van der Waals surface area contributed by atoms with E-state index >= 15 is 0 Å². The van der Waals surface area contributed by atoms with Crippen LogP contribution in [-0.2, 0) is 9.59 Å². The Hall–Kier alpha value is -3.37. The molecule has 0 bridgehead atoms. The van der Waals surface area contributed by atoms with E-state index in [1.807, 2.05) is 58.0 Å². The van der Waals surface area contributed by atoms with Crippen LogP contribution < -0.4 is 10.2 Å². The zero-order valence-corrected chi connectivity index (χ0v) is 18.7. The molecule has 0 saturated heterocycles. The van der Waals surface area contributed by atoms with Gasteiger partial charge in [-0.3, -0.25) is 9.59 Å². The zero-order chi connectivity index (χ0) is 22.3. The van der Waals surface area contributed by atoms with Crippen LogP contribution in [0.4, 0.5) is 11.4 Å². The Kier molecular flexibility index (Phi) is 5.42. The Labute approximate surface area is 187 Å². The maximum Gasteiger partial charge on any atom is 0.282 e. The fourth-order valence-corrected chi connectivity index (χ4v) is 4.12. The minimum absolute atomic E-state index is 0.261. The number of benzene rings is 3. The van der Waals surface area contributed by atoms with Crippen LogP contribution in [0.5, 0.6) is 0 Å². The monoisotopic (exact) mass is 430 g/mol. The van der Waals surface area contributed by atoms with Crippen LogP contribution in [0.25, 0.3) is 5.57 Å². The summed E-state index contributed by atoms with van der Waals surface area (Å²) in [5, 5.41) is 3.80. The van der Waals surface area contributed by atoms with Crippen molar-refractivity contribution in [2.45, 2.75) is 27.7 Å². The van der Waals surface area contributed by atoms with E-state index < -0.39 is 0 Å². The molecule has 0 unspecified atom stereocenters. The molecule has 0 radical (unpaired) electrons. The Morgan fingerprint density at radius 3 is 2.00 bits per heavy atom. The first-order chi connectivity index (χ1) is 14.7. The highest BCUT2D eigenvalue weighted by molar-refractivity contribution is 6.46. The smallest absolute Gasteiger partial charge is 0.282 e. The van der Waals surface area contributed by atoms with Crippen LogP contribution in [0.15, 0.2) is 66.4 Å². The molecule has 4 nitrogen and oxygen atoms in total. The second-order valence-corrected chi connectivity index (χ2v) is 8.43. The number of nitrogens with zero attached hydrogens (tertiary/aromatic N) is 1. The highest BCUT2D eigenvalue weighted by atomic mass is 35.5. The third-order valence-corrected chi connectivity index (χ3v) is 5.55. The zero-order valence-electron chi connectivity index (χ0n) is 17.9. The van der Waals surface area contributed by atoms with Crippen molar-refractivity contribution in [3.8, 4) is 0 Å². The highest BCUT2D eigenvalue weighted by Gasteiger charge is 2.40. The Balaban J connectivity index is 1.85. The number of nitrogens with one attached hydrogen (secondary N) is 1. The molecule has 1 aliphatic rings. The van der Waals surface area contributed by atoms with Crippen LogP contribution in [0, 0.1) is 27.7 Å². The van der Waals surface area contributed by atoms with Crippen LogP contribution in [0.1, 0.15) is 27.8 Å². The molecule has 0 aliphatic carbocycles. The number of imide groups is 1. The first kappa shape index (κ1) is 20.9. The first-order valence-electron chi connectivity index (χ1n) is 10.1. The number of hydrogen-bond acceptors (Lipinski definition) is 3. The number of amides is 2. The van der Waals surface area contributed by atoms with Gasteiger partial charge >= 0.3 is 0 Å². The molecule has 1 aliphatic heterocycles. The normalized spacial score (nSPS) is 13.9. The van der Waals surface area contributed by atoms with E-state index in [0.29, 0.717) is 21.8 Å². The minimum atomic E-state index is -0.374. The van der Waals surface area contributed by atoms with Gasteiger partial charge in [-0.05, 0) is 80.3 Å². The summed E-state index contributed by atoms with van der Waals surface area (Å²) in [5.41, 5.74) is 6.66. The molecule has 3 aromatic carbocycles. The van der Waals surface area contributed by atoms with Crippen molar-refractivity contribution in [1.82, 2.24) is 0 Å². The molecule has 1 heterocycles. The van der Waals surface area contributed by atoms with Crippen molar-refractivity contribution in [1.29, 1.82) is 0 Å². The Bertz CT molecular complexity index is 1220. The average Bonchev–Trinajstić information content (AvgIpc) is 2.92. The van der Waals surface area contributed by atoms with Gasteiger partial charge < -0.3 is 5.32 Å². The Morgan fingerprint density at radius 1 is 0.742 bits per heavy atom. The fourth-order valence-electron chi connectivity index (χ4n) is 4.00. The summed E-state index contributed by atoms with van der Waals surface area (Å²) >= 11 is 6.05. The second-order valence-electron chi connectivity index (χ2n) is 7.99. The Morgan fingerprint density at radius 2 is 1.39 bits per heavy atom. The number of hydrogen-bond donors (Lipinski definition) is 1. The van der Waals surface area contributed by atoms with Gasteiger partial charge in [0.05, 0.1) is 11.3 Å². The van der Waals surface area contributed by atoms with Crippen molar-refractivity contribution in [2.75, 3.05) is 10.2 Å². The summed E-state index contributed by atoms with van der Waals surface area (Å²) < 4.78 is 0. The molecule has 2 amide bonds. The topological polar surface area (TPSA) is 49.4 Å². The van der Waals surface area contributed by atoms with Crippen molar-refractivity contribution in [2.24, 2.45) is 0 Å². The number of anilines is 2. The summed E-state index contributed by atoms with van der Waals surface area (Å²) in [4.78, 5) is 28.3. The molecule has 4 rings (SSSR count). The van der Waals surface area contributed by atoms with E-state index in [4.69, 9.17) is 11.6 Å². The van der Waals surface area contributed by atoms with E-state index in [1.165, 1.54) is 4.90 Å². The lowest BCUT2D eigenvalue weighted by Crippen LogP contribution is -2.33. The summed E-state index contributed by atoms with van der Waals surface area (Å²) in [5.74, 6) is -0.729. The summed E-state index contributed by atoms with van der Waals surface area (Å²) in [6.07, 6.45) is 0. The summed E-state index contributed by atoms with van der Waals surface area (Å²) in [6.45, 7) is 7.88. The van der Waals surface area contributed by atoms with Gasteiger partial charge in [-0.1, -0.05) is 47.5 Å². The highest BCUT2D eigenvalue weighted by Crippen LogP contribution is 2.35. The fraction of sp³-hybridized carbons (Fsp3) is 0.154. The SMILES string of the molecule is Cc1cc(C)cc(NC2=C(c3ccc(Cl)cc3)C(=O)N(c3ccc(C)cc3C)C2=O)c1. The number of aryl methyl sites for hydroxylation is 4. The van der Waals surface area contributed by atoms with Gasteiger partial charge in [0.2, 0.25) is 0 Å². The predicted molar refractivity (Wildman–Crippen MR) is 126 cm³/mol. The molecular formula is C26H23ClN2O2. The van der Waals surface area contributed by atoms with Crippen LogP contribution in [-0.4, -0.2) is 11.8 Å². The van der Waals surface area contributed by atoms with Gasteiger partial charge in [0.1, 0.15) is 5.70 Å². The van der Waals surface area contributed by atoms with E-state index in [-0.39, 0.29) is 17.5 Å². The third-order valence-electron chi connectivity index (χ3n) is 5.30. The largest absolute Gasteiger partial charge is 0.350 e. The van der Waals surface area contributed by atoms with Gasteiger partial charge in [-0.15, -0.1) is 0 Å². The number of rotatable bonds is 4. The number of halogens is 1. The number of carbonyl (C=O) groups excluding carboxylic acids is 2. The second kappa shape index (κ2) is 8.05. The van der Waals surface area contributed by atoms with Gasteiger partial charge in [-0.2, -0.15) is 0 Å². The van der Waals surface area contributed by atoms with Gasteiger partial charge in [0.15, 0.2) is 0 Å². The molecule has 0 atom stereocenters. The molecule has 0 spiro atoms. The molecule has 31 heavy (non-hydrogen) atoms. The quantitative estimate of drug-likeness (QED) is 0.518. The van der Waals surface area contributed by atoms with Crippen molar-refractivity contribution >= 4 is 40.4 Å². The van der Waals surface area contributed by atoms with Crippen molar-refractivity contribution < 1.29 is 9.59 Å². The average molecular weight is 431 g/mol. The molecule has 3 aromatic rings. The molecule has 0 aromatic heterocycles. The number of carbonyl (C=O) groups is 2. The van der Waals surface area contributed by atoms with Gasteiger partial charge in [-0.25, -0.2) is 4.90 Å². The van der Waals surface area contributed by atoms with Crippen molar-refractivity contribution in [3.05, 3.63) is 99.2 Å². The third kappa shape index (κ3) is 3.99. The lowest BCUT2D eigenvalue weighted by molar-refractivity contribution is -0.120. The van der Waals surface area contributed by atoms with E-state index in [9.17, 15) is 9.59 Å². The van der Waals surface area contributed by atoms with Crippen LogP contribution >= 0.6 is 11.6 Å². The van der Waals surface area contributed by atoms with Gasteiger partial charge in [0, 0.05) is 10.7 Å². The molecule has 0 fully saturated rings. The predicted octanol–water partition coefficient (Wildman–Crippen LogP) is 5.97. The maximum absolute atomic E-state index is 13.5. The lowest BCUT2D eigenvalue weighted by atomic mass is 10.0. The first-order valence-corrected chi connectivity index (χ1v) is 10.4. The van der Waals surface area contributed by atoms with E-state index in [1.54, 1.807) is 24.3 Å². The van der Waals surface area contributed by atoms with E-state index in [0.717, 1.165) is 27.9 Å². The maximum atomic E-state index is 13.5. The summed E-state index contributed by atoms with van der Waals surface area (Å²) in [6, 6.07) is 18.6. The molecule has 0 saturated carbocycles.